The number of terminal acetylenes is 1. The van der Waals surface area contributed by atoms with Crippen molar-refractivity contribution in [1.29, 1.82) is 0 Å². The molecule has 0 unspecified atom stereocenters. The molecule has 2 atom stereocenters. The summed E-state index contributed by atoms with van der Waals surface area (Å²) in [6, 6.07) is 20.5. The lowest BCUT2D eigenvalue weighted by Gasteiger charge is -2.20. The molecular formula is C30H28N2O6. The van der Waals surface area contributed by atoms with E-state index in [2.05, 4.69) is 16.6 Å². The Labute approximate surface area is 221 Å². The van der Waals surface area contributed by atoms with E-state index in [9.17, 15) is 19.2 Å². The van der Waals surface area contributed by atoms with Gasteiger partial charge in [-0.25, -0.2) is 9.59 Å². The average Bonchev–Trinajstić information content (AvgIpc) is 2.96. The summed E-state index contributed by atoms with van der Waals surface area (Å²) in [7, 11) is 2.46. The van der Waals surface area contributed by atoms with E-state index in [0.717, 1.165) is 11.1 Å². The second kappa shape index (κ2) is 13.4. The molecule has 0 fully saturated rings. The molecule has 0 aliphatic rings. The first-order valence-corrected chi connectivity index (χ1v) is 11.8. The van der Waals surface area contributed by atoms with Gasteiger partial charge in [-0.15, -0.1) is 6.42 Å². The zero-order valence-corrected chi connectivity index (χ0v) is 21.1. The molecule has 0 aliphatic carbocycles. The van der Waals surface area contributed by atoms with Crippen molar-refractivity contribution in [3.63, 3.8) is 0 Å². The highest BCUT2D eigenvalue weighted by Gasteiger charge is 2.28. The molecule has 0 aromatic heterocycles. The second-order valence-corrected chi connectivity index (χ2v) is 8.38. The minimum Gasteiger partial charge on any atom is -0.467 e. The number of hydrogen-bond acceptors (Lipinski definition) is 6. The molecule has 8 nitrogen and oxygen atoms in total. The zero-order valence-electron chi connectivity index (χ0n) is 21.1. The SMILES string of the molecule is C#Cc1ccc(C(=O)N[C@@H](Cc2ccccc2)C(=O)OC)c(C(=O)N[C@@H](Cc2ccccc2)C(=O)OC)c1. The van der Waals surface area contributed by atoms with E-state index in [-0.39, 0.29) is 24.0 Å². The molecule has 0 spiro atoms. The van der Waals surface area contributed by atoms with E-state index in [1.807, 2.05) is 60.7 Å². The predicted octanol–water partition coefficient (Wildman–Crippen LogP) is 2.70. The minimum absolute atomic E-state index is 0.0215. The van der Waals surface area contributed by atoms with E-state index in [0.29, 0.717) is 5.56 Å². The van der Waals surface area contributed by atoms with Crippen LogP contribution in [0.1, 0.15) is 37.4 Å². The highest BCUT2D eigenvalue weighted by Crippen LogP contribution is 2.15. The maximum absolute atomic E-state index is 13.4. The first-order chi connectivity index (χ1) is 18.4. The summed E-state index contributed by atoms with van der Waals surface area (Å²) in [5.74, 6) is -0.218. The van der Waals surface area contributed by atoms with E-state index in [1.165, 1.54) is 32.4 Å². The monoisotopic (exact) mass is 512 g/mol. The molecule has 0 saturated heterocycles. The van der Waals surface area contributed by atoms with Gasteiger partial charge in [-0.3, -0.25) is 9.59 Å². The third-order valence-corrected chi connectivity index (χ3v) is 5.82. The fraction of sp³-hybridized carbons (Fsp3) is 0.200. The Bertz CT molecular complexity index is 1330. The highest BCUT2D eigenvalue weighted by molar-refractivity contribution is 6.09. The van der Waals surface area contributed by atoms with Crippen molar-refractivity contribution in [2.24, 2.45) is 0 Å². The van der Waals surface area contributed by atoms with E-state index < -0.39 is 35.8 Å². The number of benzene rings is 3. The summed E-state index contributed by atoms with van der Waals surface area (Å²) in [5, 5.41) is 5.31. The second-order valence-electron chi connectivity index (χ2n) is 8.38. The molecule has 0 saturated carbocycles. The standard InChI is InChI=1S/C30H28N2O6/c1-4-20-15-16-23(27(33)31-25(29(35)37-2)18-21-11-7-5-8-12-21)24(17-20)28(34)32-26(30(36)38-3)19-22-13-9-6-10-14-22/h1,5-17,25-26H,18-19H2,2-3H3,(H,31,33)(H,32,34)/t25-,26-/m0/s1. The summed E-state index contributed by atoms with van der Waals surface area (Å²) in [4.78, 5) is 51.6. The normalized spacial score (nSPS) is 11.8. The van der Waals surface area contributed by atoms with Crippen LogP contribution in [-0.4, -0.2) is 50.1 Å². The van der Waals surface area contributed by atoms with E-state index in [1.54, 1.807) is 0 Å². The molecular weight excluding hydrogens is 484 g/mol. The molecule has 0 bridgehead atoms. The summed E-state index contributed by atoms with van der Waals surface area (Å²) >= 11 is 0. The fourth-order valence-corrected chi connectivity index (χ4v) is 3.86. The number of amides is 2. The molecule has 194 valence electrons. The first kappa shape index (κ1) is 27.7. The van der Waals surface area contributed by atoms with Gasteiger partial charge in [-0.2, -0.15) is 0 Å². The Balaban J connectivity index is 1.88. The van der Waals surface area contributed by atoms with Gasteiger partial charge in [-0.05, 0) is 29.3 Å². The van der Waals surface area contributed by atoms with Gasteiger partial charge >= 0.3 is 11.9 Å². The van der Waals surface area contributed by atoms with Crippen LogP contribution >= 0.6 is 0 Å². The molecule has 0 heterocycles. The van der Waals surface area contributed by atoms with Crippen LogP contribution in [0.5, 0.6) is 0 Å². The maximum Gasteiger partial charge on any atom is 0.328 e. The lowest BCUT2D eigenvalue weighted by Crippen LogP contribution is -2.45. The van der Waals surface area contributed by atoms with E-state index >= 15 is 0 Å². The molecule has 3 aromatic carbocycles. The van der Waals surface area contributed by atoms with Crippen LogP contribution in [0.2, 0.25) is 0 Å². The van der Waals surface area contributed by atoms with Crippen LogP contribution in [-0.2, 0) is 31.9 Å². The van der Waals surface area contributed by atoms with Crippen LogP contribution in [0.4, 0.5) is 0 Å². The molecule has 0 radical (unpaired) electrons. The van der Waals surface area contributed by atoms with Crippen molar-refractivity contribution in [1.82, 2.24) is 10.6 Å². The molecule has 38 heavy (non-hydrogen) atoms. The number of methoxy groups -OCH3 is 2. The zero-order chi connectivity index (χ0) is 27.5. The highest BCUT2D eigenvalue weighted by atomic mass is 16.5. The maximum atomic E-state index is 13.4. The number of carbonyl (C=O) groups excluding carboxylic acids is 4. The largest absolute Gasteiger partial charge is 0.467 e. The van der Waals surface area contributed by atoms with Gasteiger partial charge in [0, 0.05) is 18.4 Å². The number of carbonyl (C=O) groups is 4. The van der Waals surface area contributed by atoms with Crippen LogP contribution in [0, 0.1) is 12.3 Å². The number of hydrogen-bond donors (Lipinski definition) is 2. The molecule has 0 aliphatic heterocycles. The Kier molecular flexibility index (Phi) is 9.78. The van der Waals surface area contributed by atoms with Crippen molar-refractivity contribution in [2.45, 2.75) is 24.9 Å². The van der Waals surface area contributed by atoms with Crippen LogP contribution < -0.4 is 10.6 Å². The van der Waals surface area contributed by atoms with Gasteiger partial charge in [0.15, 0.2) is 0 Å². The van der Waals surface area contributed by atoms with Gasteiger partial charge in [0.25, 0.3) is 11.8 Å². The Morgan fingerprint density at radius 2 is 1.16 bits per heavy atom. The summed E-state index contributed by atoms with van der Waals surface area (Å²) in [6.07, 6.45) is 5.89. The lowest BCUT2D eigenvalue weighted by molar-refractivity contribution is -0.143. The van der Waals surface area contributed by atoms with Gasteiger partial charge in [0.1, 0.15) is 12.1 Å². The van der Waals surface area contributed by atoms with Crippen molar-refractivity contribution >= 4 is 23.8 Å². The number of rotatable bonds is 10. The molecule has 2 amide bonds. The lowest BCUT2D eigenvalue weighted by atomic mass is 10.00. The fourth-order valence-electron chi connectivity index (χ4n) is 3.86. The number of esters is 2. The quantitative estimate of drug-likeness (QED) is 0.319. The van der Waals surface area contributed by atoms with Crippen LogP contribution in [0.3, 0.4) is 0 Å². The first-order valence-electron chi connectivity index (χ1n) is 11.8. The molecule has 2 N–H and O–H groups in total. The summed E-state index contributed by atoms with van der Waals surface area (Å²) in [5.41, 5.74) is 1.90. The summed E-state index contributed by atoms with van der Waals surface area (Å²) < 4.78 is 9.75. The molecule has 8 heteroatoms. The van der Waals surface area contributed by atoms with Gasteiger partial charge < -0.3 is 20.1 Å². The molecule has 3 rings (SSSR count). The Morgan fingerprint density at radius 1 is 0.711 bits per heavy atom. The average molecular weight is 513 g/mol. The topological polar surface area (TPSA) is 111 Å². The third-order valence-electron chi connectivity index (χ3n) is 5.82. The van der Waals surface area contributed by atoms with Crippen molar-refractivity contribution in [3.8, 4) is 12.3 Å². The summed E-state index contributed by atoms with van der Waals surface area (Å²) in [6.45, 7) is 0. The van der Waals surface area contributed by atoms with E-state index in [4.69, 9.17) is 15.9 Å². The van der Waals surface area contributed by atoms with Crippen molar-refractivity contribution in [3.05, 3.63) is 107 Å². The van der Waals surface area contributed by atoms with Crippen LogP contribution in [0.15, 0.2) is 78.9 Å². The van der Waals surface area contributed by atoms with Gasteiger partial charge in [0.2, 0.25) is 0 Å². The van der Waals surface area contributed by atoms with Gasteiger partial charge in [0.05, 0.1) is 25.3 Å². The smallest absolute Gasteiger partial charge is 0.328 e. The number of nitrogens with one attached hydrogen (secondary N) is 2. The molecule has 3 aromatic rings. The number of ether oxygens (including phenoxy) is 2. The predicted molar refractivity (Wildman–Crippen MR) is 141 cm³/mol. The van der Waals surface area contributed by atoms with Crippen molar-refractivity contribution < 1.29 is 28.7 Å². The third kappa shape index (κ3) is 7.31. The van der Waals surface area contributed by atoms with Crippen LogP contribution in [0.25, 0.3) is 0 Å². The Morgan fingerprint density at radius 3 is 1.58 bits per heavy atom. The van der Waals surface area contributed by atoms with Gasteiger partial charge in [-0.1, -0.05) is 66.6 Å². The minimum atomic E-state index is -1.01. The van der Waals surface area contributed by atoms with Crippen molar-refractivity contribution in [2.75, 3.05) is 14.2 Å². The Hall–Kier alpha value is -4.90.